The minimum absolute atomic E-state index is 0.125. The molecule has 0 bridgehead atoms. The number of halogens is 2. The first-order valence-corrected chi connectivity index (χ1v) is 12.2. The molecular weight excluding hydrogens is 467 g/mol. The molecule has 32 heavy (non-hydrogen) atoms. The van der Waals surface area contributed by atoms with Crippen molar-refractivity contribution in [3.05, 3.63) is 94.6 Å². The lowest BCUT2D eigenvalue weighted by Crippen LogP contribution is -2.14. The number of benzene rings is 3. The van der Waals surface area contributed by atoms with E-state index in [0.29, 0.717) is 32.4 Å². The Labute approximate surface area is 195 Å². The zero-order valence-corrected chi connectivity index (χ0v) is 19.2. The molecule has 0 fully saturated rings. The first kappa shape index (κ1) is 22.1. The number of aromatic nitrogens is 1. The summed E-state index contributed by atoms with van der Waals surface area (Å²) in [5, 5.41) is 3.97. The minimum atomic E-state index is -3.45. The van der Waals surface area contributed by atoms with Gasteiger partial charge >= 0.3 is 0 Å². The van der Waals surface area contributed by atoms with Gasteiger partial charge in [0.1, 0.15) is 0 Å². The van der Waals surface area contributed by atoms with Gasteiger partial charge in [0.15, 0.2) is 9.84 Å². The summed E-state index contributed by atoms with van der Waals surface area (Å²) in [6, 6.07) is 20.2. The topological polar surface area (TPSA) is 79.0 Å². The van der Waals surface area contributed by atoms with Crippen LogP contribution in [0.5, 0.6) is 0 Å². The molecule has 0 aliphatic rings. The van der Waals surface area contributed by atoms with Gasteiger partial charge in [-0.3, -0.25) is 4.79 Å². The Morgan fingerprint density at radius 3 is 2.31 bits per heavy atom. The molecule has 0 saturated carbocycles. The molecule has 162 valence electrons. The fourth-order valence-electron chi connectivity index (χ4n) is 3.33. The van der Waals surface area contributed by atoms with Crippen molar-refractivity contribution in [1.29, 1.82) is 0 Å². The third-order valence-corrected chi connectivity index (χ3v) is 6.62. The fraction of sp³-hybridized carbons (Fsp3) is 0.0417. The van der Waals surface area contributed by atoms with E-state index in [-0.39, 0.29) is 10.8 Å². The van der Waals surface area contributed by atoms with Crippen molar-refractivity contribution in [1.82, 2.24) is 4.98 Å². The van der Waals surface area contributed by atoms with Crippen molar-refractivity contribution in [2.24, 2.45) is 0 Å². The maximum absolute atomic E-state index is 13.2. The predicted molar refractivity (Wildman–Crippen MR) is 129 cm³/mol. The Hall–Kier alpha value is -3.06. The van der Waals surface area contributed by atoms with Crippen LogP contribution in [0.4, 0.5) is 5.69 Å². The van der Waals surface area contributed by atoms with E-state index in [0.717, 1.165) is 17.5 Å². The summed E-state index contributed by atoms with van der Waals surface area (Å²) in [5.74, 6) is -0.380. The molecule has 1 heterocycles. The van der Waals surface area contributed by atoms with Crippen molar-refractivity contribution in [2.45, 2.75) is 4.90 Å². The maximum atomic E-state index is 13.2. The second kappa shape index (κ2) is 8.82. The van der Waals surface area contributed by atoms with E-state index >= 15 is 0 Å². The average Bonchev–Trinajstić information content (AvgIpc) is 3.29. The van der Waals surface area contributed by atoms with Gasteiger partial charge in [-0.1, -0.05) is 35.3 Å². The lowest BCUT2D eigenvalue weighted by atomic mass is 9.99. The van der Waals surface area contributed by atoms with E-state index in [1.54, 1.807) is 48.7 Å². The molecule has 1 amide bonds. The van der Waals surface area contributed by atoms with Gasteiger partial charge in [0.05, 0.1) is 9.92 Å². The highest BCUT2D eigenvalue weighted by Crippen LogP contribution is 2.31. The van der Waals surface area contributed by atoms with E-state index in [2.05, 4.69) is 10.3 Å². The number of sulfone groups is 1. The van der Waals surface area contributed by atoms with Crippen LogP contribution in [0.1, 0.15) is 10.4 Å². The summed E-state index contributed by atoms with van der Waals surface area (Å²) in [7, 11) is -3.45. The van der Waals surface area contributed by atoms with Crippen LogP contribution in [0.25, 0.3) is 22.4 Å². The molecule has 5 nitrogen and oxygen atoms in total. The first-order valence-electron chi connectivity index (χ1n) is 9.57. The number of hydrogen-bond donors (Lipinski definition) is 2. The molecule has 1 aromatic heterocycles. The van der Waals surface area contributed by atoms with Gasteiger partial charge in [0.2, 0.25) is 0 Å². The monoisotopic (exact) mass is 484 g/mol. The number of hydrogen-bond acceptors (Lipinski definition) is 3. The predicted octanol–water partition coefficient (Wildman–Crippen LogP) is 6.31. The van der Waals surface area contributed by atoms with Gasteiger partial charge in [0.25, 0.3) is 5.91 Å². The number of amides is 1. The average molecular weight is 485 g/mol. The normalized spacial score (nSPS) is 11.3. The smallest absolute Gasteiger partial charge is 0.256 e. The summed E-state index contributed by atoms with van der Waals surface area (Å²) in [5.41, 5.74) is 3.62. The van der Waals surface area contributed by atoms with E-state index in [9.17, 15) is 13.2 Å². The third kappa shape index (κ3) is 4.72. The molecule has 3 aromatic carbocycles. The molecule has 4 rings (SSSR count). The number of aromatic amines is 1. The Bertz CT molecular complexity index is 1400. The highest BCUT2D eigenvalue weighted by atomic mass is 35.5. The largest absolute Gasteiger partial charge is 0.361 e. The zero-order valence-electron chi connectivity index (χ0n) is 16.9. The van der Waals surface area contributed by atoms with Crippen LogP contribution in [0.15, 0.2) is 83.9 Å². The number of nitrogens with one attached hydrogen (secondary N) is 2. The van der Waals surface area contributed by atoms with Crippen molar-refractivity contribution < 1.29 is 13.2 Å². The molecule has 0 aliphatic carbocycles. The van der Waals surface area contributed by atoms with Gasteiger partial charge < -0.3 is 10.3 Å². The minimum Gasteiger partial charge on any atom is -0.361 e. The van der Waals surface area contributed by atoms with Crippen LogP contribution in [0, 0.1) is 0 Å². The van der Waals surface area contributed by atoms with Gasteiger partial charge in [0, 0.05) is 40.0 Å². The van der Waals surface area contributed by atoms with E-state index in [1.807, 2.05) is 12.1 Å². The van der Waals surface area contributed by atoms with Crippen molar-refractivity contribution >= 4 is 44.6 Å². The molecular formula is C24H18Cl2N2O3S. The second-order valence-corrected chi connectivity index (χ2v) is 10.1. The van der Waals surface area contributed by atoms with E-state index in [1.165, 1.54) is 18.2 Å². The maximum Gasteiger partial charge on any atom is 0.256 e. The van der Waals surface area contributed by atoms with Gasteiger partial charge in [-0.25, -0.2) is 8.42 Å². The Balaban J connectivity index is 1.74. The fourth-order valence-corrected chi connectivity index (χ4v) is 4.32. The number of rotatable bonds is 5. The van der Waals surface area contributed by atoms with Crippen LogP contribution in [-0.4, -0.2) is 25.6 Å². The molecule has 0 saturated heterocycles. The molecule has 0 atom stereocenters. The van der Waals surface area contributed by atoms with Crippen LogP contribution in [0.3, 0.4) is 0 Å². The van der Waals surface area contributed by atoms with Gasteiger partial charge in [-0.15, -0.1) is 0 Å². The highest BCUT2D eigenvalue weighted by molar-refractivity contribution is 7.90. The summed E-state index contributed by atoms with van der Waals surface area (Å²) < 4.78 is 24.2. The van der Waals surface area contributed by atoms with E-state index < -0.39 is 9.84 Å². The van der Waals surface area contributed by atoms with E-state index in [4.69, 9.17) is 23.2 Å². The number of carbonyl (C=O) groups excluding carboxylic acids is 1. The van der Waals surface area contributed by atoms with Crippen LogP contribution in [0.2, 0.25) is 10.0 Å². The van der Waals surface area contributed by atoms with Crippen LogP contribution in [-0.2, 0) is 9.84 Å². The Morgan fingerprint density at radius 1 is 0.906 bits per heavy atom. The van der Waals surface area contributed by atoms with Crippen molar-refractivity contribution in [2.75, 3.05) is 11.6 Å². The first-order chi connectivity index (χ1) is 15.2. The Morgan fingerprint density at radius 2 is 1.66 bits per heavy atom. The van der Waals surface area contributed by atoms with Crippen molar-refractivity contribution in [3.8, 4) is 22.4 Å². The molecule has 0 spiro atoms. The van der Waals surface area contributed by atoms with Crippen LogP contribution < -0.4 is 5.32 Å². The highest BCUT2D eigenvalue weighted by Gasteiger charge is 2.18. The second-order valence-electron chi connectivity index (χ2n) is 7.22. The molecule has 4 aromatic rings. The zero-order chi connectivity index (χ0) is 22.9. The van der Waals surface area contributed by atoms with Gasteiger partial charge in [-0.05, 0) is 71.8 Å². The van der Waals surface area contributed by atoms with Crippen molar-refractivity contribution in [3.63, 3.8) is 0 Å². The molecule has 0 radical (unpaired) electrons. The SMILES string of the molecule is CS(=O)(=O)c1ccc(C(=O)Nc2ccc(Cl)c(-c3ccc[nH]3)c2)c(-c2ccc(Cl)cc2)c1. The lowest BCUT2D eigenvalue weighted by molar-refractivity contribution is 0.102. The summed E-state index contributed by atoms with van der Waals surface area (Å²) in [6.07, 6.45) is 2.92. The quantitative estimate of drug-likeness (QED) is 0.348. The number of anilines is 1. The number of H-pyrrole nitrogens is 1. The molecule has 0 aliphatic heterocycles. The third-order valence-electron chi connectivity index (χ3n) is 4.93. The Kier molecular flexibility index (Phi) is 6.11. The van der Waals surface area contributed by atoms with Gasteiger partial charge in [-0.2, -0.15) is 0 Å². The summed E-state index contributed by atoms with van der Waals surface area (Å²) in [6.45, 7) is 0. The molecule has 2 N–H and O–H groups in total. The van der Waals surface area contributed by atoms with Crippen LogP contribution >= 0.6 is 23.2 Å². The standard InChI is InChI=1S/C24H18Cl2N2O3S/c1-32(30,31)18-9-10-19(20(14-18)15-4-6-16(25)7-5-15)24(29)28-17-8-11-22(26)21(13-17)23-3-2-12-27-23/h2-14,27H,1H3,(H,28,29). The molecule has 8 heteroatoms. The molecule has 0 unspecified atom stereocenters. The summed E-state index contributed by atoms with van der Waals surface area (Å²) in [4.78, 5) is 16.4. The lowest BCUT2D eigenvalue weighted by Gasteiger charge is -2.13. The summed E-state index contributed by atoms with van der Waals surface area (Å²) >= 11 is 12.3. The number of carbonyl (C=O) groups is 1.